The van der Waals surface area contributed by atoms with Crippen LogP contribution < -0.4 is 5.32 Å². The summed E-state index contributed by atoms with van der Waals surface area (Å²) in [5.41, 5.74) is 3.90. The third-order valence-electron chi connectivity index (χ3n) is 3.92. The minimum absolute atomic E-state index is 0.427. The molecule has 1 aromatic carbocycles. The number of benzene rings is 1. The zero-order valence-electron chi connectivity index (χ0n) is 12.8. The normalized spacial score (nSPS) is 12.6. The summed E-state index contributed by atoms with van der Waals surface area (Å²) in [6.07, 6.45) is 5.62. The van der Waals surface area contributed by atoms with Crippen molar-refractivity contribution in [1.29, 1.82) is 0 Å². The van der Waals surface area contributed by atoms with E-state index in [9.17, 15) is 0 Å². The highest BCUT2D eigenvalue weighted by molar-refractivity contribution is 5.20. The van der Waals surface area contributed by atoms with Crippen LogP contribution in [0.25, 0.3) is 0 Å². The van der Waals surface area contributed by atoms with Crippen molar-refractivity contribution in [3.05, 3.63) is 53.3 Å². The molecular weight excluding hydrogens is 246 g/mol. The smallest absolute Gasteiger partial charge is 0.0537 e. The average Bonchev–Trinajstić information content (AvgIpc) is 2.80. The Morgan fingerprint density at radius 1 is 1.25 bits per heavy atom. The lowest BCUT2D eigenvalue weighted by molar-refractivity contribution is 0.480. The number of nitrogens with one attached hydrogen (secondary N) is 1. The first-order valence-electron chi connectivity index (χ1n) is 7.48. The van der Waals surface area contributed by atoms with Crippen molar-refractivity contribution in [3.8, 4) is 0 Å². The second-order valence-corrected chi connectivity index (χ2v) is 5.37. The van der Waals surface area contributed by atoms with Gasteiger partial charge in [-0.15, -0.1) is 0 Å². The third kappa shape index (κ3) is 3.70. The molecule has 1 unspecified atom stereocenters. The lowest BCUT2D eigenvalue weighted by Gasteiger charge is -2.19. The molecule has 0 spiro atoms. The summed E-state index contributed by atoms with van der Waals surface area (Å²) in [6.45, 7) is 5.24. The highest BCUT2D eigenvalue weighted by Crippen LogP contribution is 2.20. The molecule has 1 heterocycles. The molecule has 1 atom stereocenters. The molecule has 0 aliphatic heterocycles. The first-order chi connectivity index (χ1) is 9.72. The van der Waals surface area contributed by atoms with Gasteiger partial charge in [-0.3, -0.25) is 4.68 Å². The molecule has 108 valence electrons. The predicted molar refractivity (Wildman–Crippen MR) is 83.5 cm³/mol. The van der Waals surface area contributed by atoms with Crippen LogP contribution in [0.4, 0.5) is 0 Å². The standard InChI is InChI=1S/C17H25N3/c1-4-5-11-17(15-9-7-6-8-10-15)18-12-16-13-19-20(3)14(16)2/h6-10,13,17-18H,4-5,11-12H2,1-3H3. The lowest BCUT2D eigenvalue weighted by Crippen LogP contribution is -2.21. The van der Waals surface area contributed by atoms with Crippen LogP contribution in [0.15, 0.2) is 36.5 Å². The number of aromatic nitrogens is 2. The monoisotopic (exact) mass is 271 g/mol. The molecule has 1 N–H and O–H groups in total. The fourth-order valence-electron chi connectivity index (χ4n) is 2.43. The molecule has 0 amide bonds. The summed E-state index contributed by atoms with van der Waals surface area (Å²) in [5, 5.41) is 7.99. The summed E-state index contributed by atoms with van der Waals surface area (Å²) in [6, 6.07) is 11.2. The number of rotatable bonds is 7. The van der Waals surface area contributed by atoms with E-state index in [1.807, 2.05) is 17.9 Å². The molecule has 2 rings (SSSR count). The SMILES string of the molecule is CCCCC(NCc1cnn(C)c1C)c1ccccc1. The molecule has 0 aliphatic carbocycles. The Hall–Kier alpha value is -1.61. The summed E-state index contributed by atoms with van der Waals surface area (Å²) >= 11 is 0. The van der Waals surface area contributed by atoms with Crippen molar-refractivity contribution in [2.75, 3.05) is 0 Å². The highest BCUT2D eigenvalue weighted by atomic mass is 15.3. The molecule has 0 saturated heterocycles. The van der Waals surface area contributed by atoms with E-state index in [4.69, 9.17) is 0 Å². The predicted octanol–water partition coefficient (Wildman–Crippen LogP) is 3.75. The van der Waals surface area contributed by atoms with Gasteiger partial charge in [0, 0.05) is 30.9 Å². The van der Waals surface area contributed by atoms with Gasteiger partial charge in [-0.1, -0.05) is 50.1 Å². The van der Waals surface area contributed by atoms with Gasteiger partial charge < -0.3 is 5.32 Å². The molecule has 20 heavy (non-hydrogen) atoms. The molecule has 0 saturated carbocycles. The van der Waals surface area contributed by atoms with Crippen molar-refractivity contribution < 1.29 is 0 Å². The first-order valence-corrected chi connectivity index (χ1v) is 7.48. The lowest BCUT2D eigenvalue weighted by atomic mass is 10.0. The Bertz CT molecular complexity index is 516. The number of aryl methyl sites for hydroxylation is 1. The first kappa shape index (κ1) is 14.8. The van der Waals surface area contributed by atoms with Gasteiger partial charge in [-0.2, -0.15) is 5.10 Å². The third-order valence-corrected chi connectivity index (χ3v) is 3.92. The van der Waals surface area contributed by atoms with Crippen LogP contribution >= 0.6 is 0 Å². The van der Waals surface area contributed by atoms with Crippen LogP contribution in [0, 0.1) is 6.92 Å². The zero-order valence-corrected chi connectivity index (χ0v) is 12.8. The summed E-state index contributed by atoms with van der Waals surface area (Å²) in [7, 11) is 1.99. The highest BCUT2D eigenvalue weighted by Gasteiger charge is 2.11. The van der Waals surface area contributed by atoms with Gasteiger partial charge in [-0.05, 0) is 18.9 Å². The van der Waals surface area contributed by atoms with Crippen LogP contribution in [0.1, 0.15) is 49.0 Å². The van der Waals surface area contributed by atoms with Gasteiger partial charge in [0.15, 0.2) is 0 Å². The topological polar surface area (TPSA) is 29.9 Å². The Morgan fingerprint density at radius 3 is 2.60 bits per heavy atom. The van der Waals surface area contributed by atoms with Crippen LogP contribution in [-0.4, -0.2) is 9.78 Å². The van der Waals surface area contributed by atoms with Gasteiger partial charge in [0.25, 0.3) is 0 Å². The summed E-state index contributed by atoms with van der Waals surface area (Å²) < 4.78 is 1.93. The number of unbranched alkanes of at least 4 members (excludes halogenated alkanes) is 1. The molecule has 0 bridgehead atoms. The fourth-order valence-corrected chi connectivity index (χ4v) is 2.43. The van der Waals surface area contributed by atoms with Gasteiger partial charge in [0.2, 0.25) is 0 Å². The number of nitrogens with zero attached hydrogens (tertiary/aromatic N) is 2. The van der Waals surface area contributed by atoms with Crippen molar-refractivity contribution in [2.45, 2.75) is 45.7 Å². The van der Waals surface area contributed by atoms with Crippen molar-refractivity contribution >= 4 is 0 Å². The van der Waals surface area contributed by atoms with Crippen LogP contribution in [0.3, 0.4) is 0 Å². The molecule has 1 aromatic heterocycles. The quantitative estimate of drug-likeness (QED) is 0.831. The molecule has 2 aromatic rings. The van der Waals surface area contributed by atoms with E-state index in [-0.39, 0.29) is 0 Å². The number of hydrogen-bond acceptors (Lipinski definition) is 2. The van der Waals surface area contributed by atoms with Gasteiger partial charge in [-0.25, -0.2) is 0 Å². The van der Waals surface area contributed by atoms with Crippen molar-refractivity contribution in [3.63, 3.8) is 0 Å². The Morgan fingerprint density at radius 2 is 2.00 bits per heavy atom. The molecule has 0 fully saturated rings. The maximum atomic E-state index is 4.31. The molecule has 3 heteroatoms. The van der Waals surface area contributed by atoms with Gasteiger partial charge in [0.05, 0.1) is 6.20 Å². The zero-order chi connectivity index (χ0) is 14.4. The minimum Gasteiger partial charge on any atom is -0.306 e. The van der Waals surface area contributed by atoms with Crippen LogP contribution in [-0.2, 0) is 13.6 Å². The number of hydrogen-bond donors (Lipinski definition) is 1. The van der Waals surface area contributed by atoms with Crippen molar-refractivity contribution in [2.24, 2.45) is 7.05 Å². The Balaban J connectivity index is 2.03. The van der Waals surface area contributed by atoms with E-state index in [0.29, 0.717) is 6.04 Å². The summed E-state index contributed by atoms with van der Waals surface area (Å²) in [5.74, 6) is 0. The minimum atomic E-state index is 0.427. The molecular formula is C17H25N3. The van der Waals surface area contributed by atoms with E-state index in [2.05, 4.69) is 54.6 Å². The van der Waals surface area contributed by atoms with Gasteiger partial charge >= 0.3 is 0 Å². The van der Waals surface area contributed by atoms with E-state index >= 15 is 0 Å². The van der Waals surface area contributed by atoms with E-state index < -0.39 is 0 Å². The Labute approximate surface area is 122 Å². The molecule has 3 nitrogen and oxygen atoms in total. The average molecular weight is 271 g/mol. The van der Waals surface area contributed by atoms with E-state index in [0.717, 1.165) is 6.54 Å². The fraction of sp³-hybridized carbons (Fsp3) is 0.471. The maximum Gasteiger partial charge on any atom is 0.0537 e. The second kappa shape index (κ2) is 7.25. The maximum absolute atomic E-state index is 4.31. The largest absolute Gasteiger partial charge is 0.306 e. The van der Waals surface area contributed by atoms with E-state index in [1.165, 1.54) is 36.1 Å². The molecule has 0 radical (unpaired) electrons. The van der Waals surface area contributed by atoms with Gasteiger partial charge in [0.1, 0.15) is 0 Å². The summed E-state index contributed by atoms with van der Waals surface area (Å²) in [4.78, 5) is 0. The van der Waals surface area contributed by atoms with Crippen LogP contribution in [0.5, 0.6) is 0 Å². The second-order valence-electron chi connectivity index (χ2n) is 5.37. The van der Waals surface area contributed by atoms with Crippen molar-refractivity contribution in [1.82, 2.24) is 15.1 Å². The Kier molecular flexibility index (Phi) is 5.36. The van der Waals surface area contributed by atoms with E-state index in [1.54, 1.807) is 0 Å². The molecule has 0 aliphatic rings. The van der Waals surface area contributed by atoms with Crippen LogP contribution in [0.2, 0.25) is 0 Å².